The number of benzene rings is 2. The van der Waals surface area contributed by atoms with Gasteiger partial charge in [0.25, 0.3) is 0 Å². The summed E-state index contributed by atoms with van der Waals surface area (Å²) in [6, 6.07) is 7.75. The molecule has 2 aromatic carbocycles. The molecule has 0 atom stereocenters. The molecule has 0 radical (unpaired) electrons. The van der Waals surface area contributed by atoms with Crippen LogP contribution in [0.1, 0.15) is 53.7 Å². The molecule has 6 heteroatoms. The second kappa shape index (κ2) is 11.0. The van der Waals surface area contributed by atoms with Crippen molar-refractivity contribution in [1.29, 1.82) is 0 Å². The Balaban J connectivity index is 2.08. The summed E-state index contributed by atoms with van der Waals surface area (Å²) in [6.07, 6.45) is 7.30. The maximum Gasteiger partial charge on any atom is 0.342 e. The summed E-state index contributed by atoms with van der Waals surface area (Å²) in [5.41, 5.74) is 2.91. The molecule has 0 unspecified atom stereocenters. The highest BCUT2D eigenvalue weighted by molar-refractivity contribution is 5.98. The SMILES string of the molecule is COC(=O)c1c(C=Cc2ccc(F)cc2)cc(OC2CCOCC2)c(CC=C(C)C)c1O. The number of ether oxygens (including phenoxy) is 3. The first-order chi connectivity index (χ1) is 15.4. The van der Waals surface area contributed by atoms with Crippen LogP contribution in [0.2, 0.25) is 0 Å². The molecule has 0 bridgehead atoms. The third-order valence-electron chi connectivity index (χ3n) is 5.29. The summed E-state index contributed by atoms with van der Waals surface area (Å²) in [7, 11) is 1.28. The minimum Gasteiger partial charge on any atom is -0.507 e. The normalized spacial score (nSPS) is 14.4. The van der Waals surface area contributed by atoms with Crippen molar-refractivity contribution in [3.05, 3.63) is 70.1 Å². The van der Waals surface area contributed by atoms with Gasteiger partial charge < -0.3 is 19.3 Å². The van der Waals surface area contributed by atoms with E-state index in [9.17, 15) is 14.3 Å². The van der Waals surface area contributed by atoms with Crippen LogP contribution in [0.5, 0.6) is 11.5 Å². The molecule has 1 aliphatic heterocycles. The molecule has 5 nitrogen and oxygen atoms in total. The lowest BCUT2D eigenvalue weighted by Gasteiger charge is -2.25. The largest absolute Gasteiger partial charge is 0.507 e. The van der Waals surface area contributed by atoms with Gasteiger partial charge >= 0.3 is 5.97 Å². The van der Waals surface area contributed by atoms with Crippen molar-refractivity contribution in [3.63, 3.8) is 0 Å². The smallest absolute Gasteiger partial charge is 0.342 e. The van der Waals surface area contributed by atoms with Crippen LogP contribution >= 0.6 is 0 Å². The highest BCUT2D eigenvalue weighted by Crippen LogP contribution is 2.38. The third-order valence-corrected chi connectivity index (χ3v) is 5.29. The van der Waals surface area contributed by atoms with E-state index in [2.05, 4.69) is 0 Å². The predicted octanol–water partition coefficient (Wildman–Crippen LogP) is 5.55. The summed E-state index contributed by atoms with van der Waals surface area (Å²) < 4.78 is 29.8. The topological polar surface area (TPSA) is 65.0 Å². The number of hydrogen-bond donors (Lipinski definition) is 1. The van der Waals surface area contributed by atoms with E-state index in [1.165, 1.54) is 19.2 Å². The molecule has 1 saturated heterocycles. The van der Waals surface area contributed by atoms with Gasteiger partial charge in [0.2, 0.25) is 0 Å². The minimum atomic E-state index is -0.641. The summed E-state index contributed by atoms with van der Waals surface area (Å²) in [5, 5.41) is 11.1. The summed E-state index contributed by atoms with van der Waals surface area (Å²) in [6.45, 7) is 5.18. The summed E-state index contributed by atoms with van der Waals surface area (Å²) >= 11 is 0. The van der Waals surface area contributed by atoms with E-state index in [4.69, 9.17) is 14.2 Å². The van der Waals surface area contributed by atoms with Crippen LogP contribution < -0.4 is 4.74 Å². The Kier molecular flexibility index (Phi) is 8.06. The van der Waals surface area contributed by atoms with Gasteiger partial charge in [0.05, 0.1) is 20.3 Å². The van der Waals surface area contributed by atoms with Crippen molar-refractivity contribution in [1.82, 2.24) is 0 Å². The number of esters is 1. The highest BCUT2D eigenvalue weighted by atomic mass is 19.1. The Morgan fingerprint density at radius 3 is 2.50 bits per heavy atom. The molecule has 1 heterocycles. The summed E-state index contributed by atoms with van der Waals surface area (Å²) in [4.78, 5) is 12.6. The Labute approximate surface area is 188 Å². The number of aromatic hydroxyl groups is 1. The molecule has 1 N–H and O–H groups in total. The monoisotopic (exact) mass is 440 g/mol. The first-order valence-electron chi connectivity index (χ1n) is 10.7. The van der Waals surface area contributed by atoms with Crippen molar-refractivity contribution in [2.75, 3.05) is 20.3 Å². The quantitative estimate of drug-likeness (QED) is 0.347. The van der Waals surface area contributed by atoms with Gasteiger partial charge in [-0.2, -0.15) is 0 Å². The van der Waals surface area contributed by atoms with E-state index in [0.29, 0.717) is 36.5 Å². The molecule has 2 aromatic rings. The second-order valence-corrected chi connectivity index (χ2v) is 7.96. The Morgan fingerprint density at radius 2 is 1.88 bits per heavy atom. The molecule has 170 valence electrons. The fourth-order valence-corrected chi connectivity index (χ4v) is 3.49. The number of methoxy groups -OCH3 is 1. The molecule has 1 aliphatic rings. The first kappa shape index (κ1) is 23.5. The van der Waals surface area contributed by atoms with Crippen molar-refractivity contribution in [3.8, 4) is 11.5 Å². The standard InChI is InChI=1S/C26H29FO5/c1-17(2)4-11-22-23(32-21-12-14-31-15-13-21)16-19(24(25(22)28)26(29)30-3)8-5-18-6-9-20(27)10-7-18/h4-10,16,21,28H,11-15H2,1-3H3. The highest BCUT2D eigenvalue weighted by Gasteiger charge is 2.25. The van der Waals surface area contributed by atoms with Gasteiger partial charge in [-0.15, -0.1) is 0 Å². The zero-order valence-electron chi connectivity index (χ0n) is 18.7. The summed E-state index contributed by atoms with van der Waals surface area (Å²) in [5.74, 6) is -0.598. The number of phenolic OH excluding ortho intramolecular Hbond substituents is 1. The maximum absolute atomic E-state index is 13.2. The zero-order chi connectivity index (χ0) is 23.1. The minimum absolute atomic E-state index is 0.0356. The van der Waals surface area contributed by atoms with Gasteiger partial charge in [-0.25, -0.2) is 9.18 Å². The van der Waals surface area contributed by atoms with Gasteiger partial charge in [0, 0.05) is 18.4 Å². The fourth-order valence-electron chi connectivity index (χ4n) is 3.49. The molecule has 0 aromatic heterocycles. The zero-order valence-corrected chi connectivity index (χ0v) is 18.7. The van der Waals surface area contributed by atoms with Crippen LogP contribution in [0.15, 0.2) is 42.0 Å². The predicted molar refractivity (Wildman–Crippen MR) is 122 cm³/mol. The van der Waals surface area contributed by atoms with Gasteiger partial charge in [0.1, 0.15) is 29.0 Å². The molecule has 0 spiro atoms. The number of carbonyl (C=O) groups excluding carboxylic acids is 1. The number of rotatable bonds is 7. The maximum atomic E-state index is 13.2. The van der Waals surface area contributed by atoms with Crippen LogP contribution in [0.3, 0.4) is 0 Å². The Morgan fingerprint density at radius 1 is 1.19 bits per heavy atom. The first-order valence-corrected chi connectivity index (χ1v) is 10.7. The number of allylic oxidation sites excluding steroid dienone is 2. The second-order valence-electron chi connectivity index (χ2n) is 7.96. The van der Waals surface area contributed by atoms with Gasteiger partial charge in [-0.3, -0.25) is 0 Å². The number of phenols is 1. The number of halogens is 1. The Bertz CT molecular complexity index is 998. The van der Waals surface area contributed by atoms with Crippen LogP contribution in [0, 0.1) is 5.82 Å². The molecule has 1 fully saturated rings. The fraction of sp³-hybridized carbons (Fsp3) is 0.346. The van der Waals surface area contributed by atoms with Crippen LogP contribution in [-0.2, 0) is 15.9 Å². The van der Waals surface area contributed by atoms with Gasteiger partial charge in [-0.05, 0) is 49.6 Å². The van der Waals surface area contributed by atoms with E-state index in [0.717, 1.165) is 24.0 Å². The van der Waals surface area contributed by atoms with Gasteiger partial charge in [0.15, 0.2) is 0 Å². The van der Waals surface area contributed by atoms with E-state index in [1.54, 1.807) is 30.4 Å². The van der Waals surface area contributed by atoms with E-state index < -0.39 is 5.97 Å². The molecule has 3 rings (SSSR count). The van der Waals surface area contributed by atoms with Crippen LogP contribution in [0.25, 0.3) is 12.2 Å². The lowest BCUT2D eigenvalue weighted by molar-refractivity contribution is 0.0251. The third kappa shape index (κ3) is 5.98. The van der Waals surface area contributed by atoms with Gasteiger partial charge in [-0.1, -0.05) is 35.9 Å². The molecular formula is C26H29FO5. The van der Waals surface area contributed by atoms with E-state index in [-0.39, 0.29) is 23.2 Å². The van der Waals surface area contributed by atoms with Crippen molar-refractivity contribution in [2.45, 2.75) is 39.2 Å². The van der Waals surface area contributed by atoms with Crippen molar-refractivity contribution in [2.24, 2.45) is 0 Å². The van der Waals surface area contributed by atoms with Crippen molar-refractivity contribution < 1.29 is 28.5 Å². The lowest BCUT2D eigenvalue weighted by Crippen LogP contribution is -2.26. The number of carbonyl (C=O) groups is 1. The lowest BCUT2D eigenvalue weighted by atomic mass is 9.97. The van der Waals surface area contributed by atoms with Crippen molar-refractivity contribution >= 4 is 18.1 Å². The molecule has 0 amide bonds. The Hall–Kier alpha value is -3.12. The average molecular weight is 441 g/mol. The van der Waals surface area contributed by atoms with E-state index in [1.807, 2.05) is 19.9 Å². The molecule has 0 saturated carbocycles. The van der Waals surface area contributed by atoms with Crippen LogP contribution in [-0.4, -0.2) is 37.5 Å². The molecule has 32 heavy (non-hydrogen) atoms. The average Bonchev–Trinajstić information content (AvgIpc) is 2.78. The van der Waals surface area contributed by atoms with Crippen LogP contribution in [0.4, 0.5) is 4.39 Å². The molecular weight excluding hydrogens is 411 g/mol. The number of hydrogen-bond acceptors (Lipinski definition) is 5. The van der Waals surface area contributed by atoms with E-state index >= 15 is 0 Å². The molecule has 0 aliphatic carbocycles.